The average Bonchev–Trinajstić information content (AvgIpc) is 2.53. The molecule has 1 amide bonds. The van der Waals surface area contributed by atoms with Crippen LogP contribution in [0.2, 0.25) is 5.02 Å². The van der Waals surface area contributed by atoms with Gasteiger partial charge in [0.25, 0.3) is 5.91 Å². The van der Waals surface area contributed by atoms with Gasteiger partial charge in [-0.15, -0.1) is 0 Å². The number of carbonyl (C=O) groups excluding carboxylic acids is 2. The topological polar surface area (TPSA) is 55.4 Å². The summed E-state index contributed by atoms with van der Waals surface area (Å²) in [5.41, 5.74) is 3.46. The third-order valence-electron chi connectivity index (χ3n) is 3.60. The SMILES string of the molecule is Cc1ccc(CC(=O)O[C@H](C)C(=O)Nc2cc(Cl)ccc2C)cc1. The lowest BCUT2D eigenvalue weighted by atomic mass is 10.1. The molecule has 0 aliphatic carbocycles. The van der Waals surface area contributed by atoms with Crippen LogP contribution in [-0.4, -0.2) is 18.0 Å². The molecule has 1 N–H and O–H groups in total. The molecule has 0 saturated carbocycles. The average molecular weight is 346 g/mol. The molecule has 0 spiro atoms. The van der Waals surface area contributed by atoms with E-state index in [1.54, 1.807) is 19.1 Å². The highest BCUT2D eigenvalue weighted by Crippen LogP contribution is 2.20. The van der Waals surface area contributed by atoms with E-state index in [1.165, 1.54) is 0 Å². The summed E-state index contributed by atoms with van der Waals surface area (Å²) in [5, 5.41) is 3.25. The van der Waals surface area contributed by atoms with Crippen molar-refractivity contribution in [3.05, 3.63) is 64.2 Å². The van der Waals surface area contributed by atoms with E-state index in [9.17, 15) is 9.59 Å². The molecule has 0 aliphatic heterocycles. The molecule has 126 valence electrons. The van der Waals surface area contributed by atoms with Crippen LogP contribution in [0.4, 0.5) is 5.69 Å². The first-order chi connectivity index (χ1) is 11.3. The van der Waals surface area contributed by atoms with Crippen molar-refractivity contribution < 1.29 is 14.3 Å². The van der Waals surface area contributed by atoms with Crippen LogP contribution in [0.1, 0.15) is 23.6 Å². The fourth-order valence-electron chi connectivity index (χ4n) is 2.13. The van der Waals surface area contributed by atoms with E-state index in [1.807, 2.05) is 44.2 Å². The van der Waals surface area contributed by atoms with Crippen molar-refractivity contribution in [2.75, 3.05) is 5.32 Å². The normalized spacial score (nSPS) is 11.7. The molecule has 0 aliphatic rings. The Morgan fingerprint density at radius 2 is 1.79 bits per heavy atom. The predicted molar refractivity (Wildman–Crippen MR) is 95.3 cm³/mol. The van der Waals surface area contributed by atoms with E-state index in [2.05, 4.69) is 5.32 Å². The van der Waals surface area contributed by atoms with E-state index in [4.69, 9.17) is 16.3 Å². The number of esters is 1. The molecule has 0 bridgehead atoms. The van der Waals surface area contributed by atoms with Crippen molar-refractivity contribution in [1.82, 2.24) is 0 Å². The zero-order chi connectivity index (χ0) is 17.7. The molecule has 5 heteroatoms. The molecular weight excluding hydrogens is 326 g/mol. The van der Waals surface area contributed by atoms with E-state index in [0.717, 1.165) is 16.7 Å². The van der Waals surface area contributed by atoms with Crippen LogP contribution in [-0.2, 0) is 20.7 Å². The Bertz CT molecular complexity index is 741. The number of rotatable bonds is 5. The van der Waals surface area contributed by atoms with Crippen molar-refractivity contribution in [2.45, 2.75) is 33.3 Å². The molecule has 0 radical (unpaired) electrons. The highest BCUT2D eigenvalue weighted by Gasteiger charge is 2.18. The molecule has 24 heavy (non-hydrogen) atoms. The molecule has 2 rings (SSSR count). The van der Waals surface area contributed by atoms with Gasteiger partial charge in [-0.05, 0) is 44.0 Å². The Hall–Kier alpha value is -2.33. The molecule has 2 aromatic carbocycles. The second-order valence-corrected chi connectivity index (χ2v) is 6.18. The second kappa shape index (κ2) is 7.97. The molecule has 2 aromatic rings. The molecule has 0 heterocycles. The summed E-state index contributed by atoms with van der Waals surface area (Å²) in [6.45, 7) is 5.38. The van der Waals surface area contributed by atoms with Crippen LogP contribution in [0.3, 0.4) is 0 Å². The first-order valence-corrected chi connectivity index (χ1v) is 8.05. The van der Waals surface area contributed by atoms with Gasteiger partial charge in [0.05, 0.1) is 6.42 Å². The van der Waals surface area contributed by atoms with Crippen molar-refractivity contribution in [3.8, 4) is 0 Å². The Balaban J connectivity index is 1.92. The Morgan fingerprint density at radius 3 is 2.46 bits per heavy atom. The van der Waals surface area contributed by atoms with E-state index < -0.39 is 18.0 Å². The maximum atomic E-state index is 12.2. The molecule has 1 atom stereocenters. The molecule has 0 unspecified atom stereocenters. The zero-order valence-electron chi connectivity index (χ0n) is 13.9. The first-order valence-electron chi connectivity index (χ1n) is 7.67. The largest absolute Gasteiger partial charge is 0.452 e. The minimum atomic E-state index is -0.888. The summed E-state index contributed by atoms with van der Waals surface area (Å²) in [6, 6.07) is 12.8. The van der Waals surface area contributed by atoms with Crippen molar-refractivity contribution in [1.29, 1.82) is 0 Å². The first kappa shape index (κ1) is 18.0. The van der Waals surface area contributed by atoms with Crippen molar-refractivity contribution >= 4 is 29.2 Å². The van der Waals surface area contributed by atoms with E-state index in [0.29, 0.717) is 10.7 Å². The number of amides is 1. The van der Waals surface area contributed by atoms with Crippen LogP contribution in [0, 0.1) is 13.8 Å². The summed E-state index contributed by atoms with van der Waals surface area (Å²) in [4.78, 5) is 24.1. The van der Waals surface area contributed by atoms with Crippen LogP contribution < -0.4 is 5.32 Å². The van der Waals surface area contributed by atoms with Crippen LogP contribution in [0.25, 0.3) is 0 Å². The van der Waals surface area contributed by atoms with Gasteiger partial charge in [-0.2, -0.15) is 0 Å². The number of nitrogens with one attached hydrogen (secondary N) is 1. The van der Waals surface area contributed by atoms with Gasteiger partial charge in [0.1, 0.15) is 0 Å². The predicted octanol–water partition coefficient (Wildman–Crippen LogP) is 4.07. The number of hydrogen-bond acceptors (Lipinski definition) is 3. The van der Waals surface area contributed by atoms with Crippen LogP contribution in [0.5, 0.6) is 0 Å². The molecular formula is C19H20ClNO3. The fraction of sp³-hybridized carbons (Fsp3) is 0.263. The summed E-state index contributed by atoms with van der Waals surface area (Å²) in [5.74, 6) is -0.832. The number of carbonyl (C=O) groups is 2. The van der Waals surface area contributed by atoms with Gasteiger partial charge in [-0.25, -0.2) is 0 Å². The summed E-state index contributed by atoms with van der Waals surface area (Å²) in [7, 11) is 0. The molecule has 0 aromatic heterocycles. The van der Waals surface area contributed by atoms with Gasteiger partial charge in [-0.3, -0.25) is 9.59 Å². The van der Waals surface area contributed by atoms with Gasteiger partial charge >= 0.3 is 5.97 Å². The van der Waals surface area contributed by atoms with E-state index in [-0.39, 0.29) is 6.42 Å². The van der Waals surface area contributed by atoms with Gasteiger partial charge in [-0.1, -0.05) is 47.5 Å². The smallest absolute Gasteiger partial charge is 0.311 e. The van der Waals surface area contributed by atoms with Gasteiger partial charge < -0.3 is 10.1 Å². The van der Waals surface area contributed by atoms with Gasteiger partial charge in [0.2, 0.25) is 0 Å². The fourth-order valence-corrected chi connectivity index (χ4v) is 2.30. The standard InChI is InChI=1S/C19H20ClNO3/c1-12-4-7-15(8-5-12)10-18(22)24-14(3)19(23)21-17-11-16(20)9-6-13(17)2/h4-9,11,14H,10H2,1-3H3,(H,21,23)/t14-/m1/s1. The Morgan fingerprint density at radius 1 is 1.12 bits per heavy atom. The Labute approximate surface area is 146 Å². The lowest BCUT2D eigenvalue weighted by Crippen LogP contribution is -2.30. The summed E-state index contributed by atoms with van der Waals surface area (Å²) in [6.07, 6.45) is -0.755. The molecule has 4 nitrogen and oxygen atoms in total. The minimum absolute atomic E-state index is 0.133. The number of ether oxygens (including phenoxy) is 1. The highest BCUT2D eigenvalue weighted by atomic mass is 35.5. The van der Waals surface area contributed by atoms with E-state index >= 15 is 0 Å². The third-order valence-corrected chi connectivity index (χ3v) is 3.84. The number of anilines is 1. The Kier molecular flexibility index (Phi) is 5.99. The lowest BCUT2D eigenvalue weighted by molar-refractivity contribution is -0.152. The third kappa shape index (κ3) is 5.10. The molecule has 0 fully saturated rings. The number of benzene rings is 2. The zero-order valence-corrected chi connectivity index (χ0v) is 14.7. The lowest BCUT2D eigenvalue weighted by Gasteiger charge is -2.15. The summed E-state index contributed by atoms with van der Waals surface area (Å²) >= 11 is 5.93. The molecule has 0 saturated heterocycles. The minimum Gasteiger partial charge on any atom is -0.452 e. The van der Waals surface area contributed by atoms with Gasteiger partial charge in [0, 0.05) is 10.7 Å². The van der Waals surface area contributed by atoms with Crippen LogP contribution in [0.15, 0.2) is 42.5 Å². The summed E-state index contributed by atoms with van der Waals surface area (Å²) < 4.78 is 5.20. The van der Waals surface area contributed by atoms with Crippen molar-refractivity contribution in [2.24, 2.45) is 0 Å². The number of aryl methyl sites for hydroxylation is 2. The highest BCUT2D eigenvalue weighted by molar-refractivity contribution is 6.31. The van der Waals surface area contributed by atoms with Crippen molar-refractivity contribution in [3.63, 3.8) is 0 Å². The maximum Gasteiger partial charge on any atom is 0.311 e. The van der Waals surface area contributed by atoms with Crippen LogP contribution >= 0.6 is 11.6 Å². The second-order valence-electron chi connectivity index (χ2n) is 5.74. The number of halogens is 1. The van der Waals surface area contributed by atoms with Gasteiger partial charge in [0.15, 0.2) is 6.10 Å². The number of hydrogen-bond donors (Lipinski definition) is 1. The maximum absolute atomic E-state index is 12.2. The quantitative estimate of drug-likeness (QED) is 0.831. The monoisotopic (exact) mass is 345 g/mol.